The van der Waals surface area contributed by atoms with Crippen molar-refractivity contribution in [3.63, 3.8) is 0 Å². The lowest BCUT2D eigenvalue weighted by atomic mass is 10.2. The lowest BCUT2D eigenvalue weighted by molar-refractivity contribution is -0.384. The molecule has 0 aliphatic rings. The molecule has 12 heteroatoms. The Bertz CT molecular complexity index is 1020. The molecule has 0 aliphatic carbocycles. The number of amides is 1. The summed E-state index contributed by atoms with van der Waals surface area (Å²) in [6.07, 6.45) is -0.0194. The van der Waals surface area contributed by atoms with E-state index in [4.69, 9.17) is 14.6 Å². The van der Waals surface area contributed by atoms with Crippen LogP contribution in [0.1, 0.15) is 6.42 Å². The number of anilines is 2. The first-order valence-electron chi connectivity index (χ1n) is 8.22. The molecular weight excluding hydrogens is 404 g/mol. The topological polar surface area (TPSA) is 163 Å². The number of nitro benzene ring substituents is 1. The SMILES string of the molecule is COc1ccc(OC)c(NC(=O)CCNc2ccc(S(N)(=O)=O)cc2[N+](=O)[O-])c1. The summed E-state index contributed by atoms with van der Waals surface area (Å²) in [5, 5.41) is 21.6. The van der Waals surface area contributed by atoms with Gasteiger partial charge >= 0.3 is 0 Å². The van der Waals surface area contributed by atoms with E-state index in [9.17, 15) is 23.3 Å². The molecule has 0 aromatic heterocycles. The molecule has 1 amide bonds. The fraction of sp³-hybridized carbons (Fsp3) is 0.235. The molecule has 0 heterocycles. The molecule has 0 radical (unpaired) electrons. The maximum Gasteiger partial charge on any atom is 0.293 e. The molecule has 0 bridgehead atoms. The molecule has 29 heavy (non-hydrogen) atoms. The molecule has 0 saturated carbocycles. The van der Waals surface area contributed by atoms with E-state index in [-0.39, 0.29) is 29.5 Å². The number of nitro groups is 1. The number of methoxy groups -OCH3 is 2. The van der Waals surface area contributed by atoms with Crippen LogP contribution in [0.5, 0.6) is 11.5 Å². The van der Waals surface area contributed by atoms with Crippen molar-refractivity contribution >= 4 is 33.0 Å². The molecule has 0 fully saturated rings. The van der Waals surface area contributed by atoms with Gasteiger partial charge in [-0.2, -0.15) is 0 Å². The maximum atomic E-state index is 12.2. The Labute approximate surface area is 167 Å². The molecule has 11 nitrogen and oxygen atoms in total. The quantitative estimate of drug-likeness (QED) is 0.404. The molecule has 0 spiro atoms. The number of ether oxygens (including phenoxy) is 2. The predicted molar refractivity (Wildman–Crippen MR) is 106 cm³/mol. The lowest BCUT2D eigenvalue weighted by Gasteiger charge is -2.12. The van der Waals surface area contributed by atoms with Gasteiger partial charge in [0, 0.05) is 25.1 Å². The summed E-state index contributed by atoms with van der Waals surface area (Å²) in [5.74, 6) is 0.610. The third-order valence-electron chi connectivity index (χ3n) is 3.84. The molecule has 156 valence electrons. The zero-order valence-electron chi connectivity index (χ0n) is 15.7. The van der Waals surface area contributed by atoms with Crippen LogP contribution in [-0.2, 0) is 14.8 Å². The maximum absolute atomic E-state index is 12.2. The van der Waals surface area contributed by atoms with Gasteiger partial charge in [0.2, 0.25) is 15.9 Å². The molecule has 2 rings (SSSR count). The highest BCUT2D eigenvalue weighted by atomic mass is 32.2. The highest BCUT2D eigenvalue weighted by Crippen LogP contribution is 2.29. The van der Waals surface area contributed by atoms with E-state index in [2.05, 4.69) is 10.6 Å². The van der Waals surface area contributed by atoms with E-state index in [1.165, 1.54) is 20.3 Å². The van der Waals surface area contributed by atoms with Crippen molar-refractivity contribution in [1.82, 2.24) is 0 Å². The zero-order chi connectivity index (χ0) is 21.6. The van der Waals surface area contributed by atoms with Crippen LogP contribution in [0, 0.1) is 10.1 Å². The summed E-state index contributed by atoms with van der Waals surface area (Å²) in [5.41, 5.74) is 0.0147. The number of carbonyl (C=O) groups excluding carboxylic acids is 1. The molecule has 0 unspecified atom stereocenters. The fourth-order valence-electron chi connectivity index (χ4n) is 2.42. The molecule has 0 aliphatic heterocycles. The Balaban J connectivity index is 2.05. The fourth-order valence-corrected chi connectivity index (χ4v) is 2.96. The third kappa shape index (κ3) is 5.80. The summed E-state index contributed by atoms with van der Waals surface area (Å²) in [4.78, 5) is 22.3. The largest absolute Gasteiger partial charge is 0.497 e. The van der Waals surface area contributed by atoms with Crippen molar-refractivity contribution in [2.75, 3.05) is 31.4 Å². The Kier molecular flexibility index (Phi) is 6.96. The van der Waals surface area contributed by atoms with E-state index in [0.29, 0.717) is 17.2 Å². The molecule has 2 aromatic rings. The number of benzene rings is 2. The van der Waals surface area contributed by atoms with Gasteiger partial charge in [-0.25, -0.2) is 13.6 Å². The Morgan fingerprint density at radius 3 is 2.45 bits per heavy atom. The summed E-state index contributed by atoms with van der Waals surface area (Å²) in [7, 11) is -1.12. The summed E-state index contributed by atoms with van der Waals surface area (Å²) in [6, 6.07) is 8.15. The van der Waals surface area contributed by atoms with Crippen LogP contribution in [0.15, 0.2) is 41.3 Å². The Morgan fingerprint density at radius 2 is 1.86 bits per heavy atom. The van der Waals surface area contributed by atoms with Crippen molar-refractivity contribution in [1.29, 1.82) is 0 Å². The second-order valence-electron chi connectivity index (χ2n) is 5.77. The summed E-state index contributed by atoms with van der Waals surface area (Å²) < 4.78 is 33.0. The average molecular weight is 424 g/mol. The van der Waals surface area contributed by atoms with Crippen LogP contribution in [-0.4, -0.2) is 40.0 Å². The van der Waals surface area contributed by atoms with E-state index in [1.807, 2.05) is 0 Å². The molecule has 0 saturated heterocycles. The minimum atomic E-state index is -4.07. The second-order valence-corrected chi connectivity index (χ2v) is 7.33. The molecule has 4 N–H and O–H groups in total. The standard InChI is InChI=1S/C17H20N4O7S/c1-27-11-3-6-16(28-2)14(9-11)20-17(22)7-8-19-13-5-4-12(29(18,25)26)10-15(13)21(23)24/h3-6,9-10,19H,7-8H2,1-2H3,(H,20,22)(H2,18,25,26). The minimum absolute atomic E-state index is 0.0194. The first-order valence-corrected chi connectivity index (χ1v) is 9.77. The highest BCUT2D eigenvalue weighted by molar-refractivity contribution is 7.89. The van der Waals surface area contributed by atoms with Gasteiger partial charge in [0.15, 0.2) is 0 Å². The van der Waals surface area contributed by atoms with Crippen LogP contribution >= 0.6 is 0 Å². The molecular formula is C17H20N4O7S. The number of nitrogens with zero attached hydrogens (tertiary/aromatic N) is 1. The van der Waals surface area contributed by atoms with Crippen LogP contribution in [0.4, 0.5) is 17.1 Å². The third-order valence-corrected chi connectivity index (χ3v) is 4.75. The van der Waals surface area contributed by atoms with Crippen molar-refractivity contribution in [2.45, 2.75) is 11.3 Å². The van der Waals surface area contributed by atoms with Gasteiger partial charge < -0.3 is 20.1 Å². The van der Waals surface area contributed by atoms with Gasteiger partial charge in [-0.3, -0.25) is 14.9 Å². The van der Waals surface area contributed by atoms with Crippen molar-refractivity contribution < 1.29 is 27.6 Å². The zero-order valence-corrected chi connectivity index (χ0v) is 16.5. The predicted octanol–water partition coefficient (Wildman–Crippen LogP) is 1.70. The first-order chi connectivity index (χ1) is 13.7. The van der Waals surface area contributed by atoms with Gasteiger partial charge in [0.05, 0.1) is 29.7 Å². The monoisotopic (exact) mass is 424 g/mol. The number of rotatable bonds is 9. The number of nitrogens with two attached hydrogens (primary N) is 1. The Hall–Kier alpha value is -3.38. The number of primary sulfonamides is 1. The van der Waals surface area contributed by atoms with Gasteiger partial charge in [0.25, 0.3) is 5.69 Å². The first kappa shape index (κ1) is 21.9. The Morgan fingerprint density at radius 1 is 1.14 bits per heavy atom. The average Bonchev–Trinajstić information content (AvgIpc) is 2.67. The number of carbonyl (C=O) groups is 1. The van der Waals surface area contributed by atoms with Crippen LogP contribution in [0.3, 0.4) is 0 Å². The van der Waals surface area contributed by atoms with Gasteiger partial charge in [0.1, 0.15) is 17.2 Å². The van der Waals surface area contributed by atoms with Crippen LogP contribution < -0.4 is 25.2 Å². The van der Waals surface area contributed by atoms with E-state index in [0.717, 1.165) is 12.1 Å². The lowest BCUT2D eigenvalue weighted by Crippen LogP contribution is -2.17. The number of hydrogen-bond donors (Lipinski definition) is 3. The van der Waals surface area contributed by atoms with Crippen molar-refractivity contribution in [3.8, 4) is 11.5 Å². The highest BCUT2D eigenvalue weighted by Gasteiger charge is 2.19. The van der Waals surface area contributed by atoms with Gasteiger partial charge in [-0.15, -0.1) is 0 Å². The normalized spacial score (nSPS) is 10.9. The minimum Gasteiger partial charge on any atom is -0.497 e. The second kappa shape index (κ2) is 9.21. The van der Waals surface area contributed by atoms with Crippen molar-refractivity contribution in [3.05, 3.63) is 46.5 Å². The van der Waals surface area contributed by atoms with Gasteiger partial charge in [-0.05, 0) is 24.3 Å². The van der Waals surface area contributed by atoms with E-state index in [1.54, 1.807) is 18.2 Å². The number of sulfonamides is 1. The van der Waals surface area contributed by atoms with Gasteiger partial charge in [-0.1, -0.05) is 0 Å². The van der Waals surface area contributed by atoms with E-state index >= 15 is 0 Å². The van der Waals surface area contributed by atoms with E-state index < -0.39 is 20.6 Å². The summed E-state index contributed by atoms with van der Waals surface area (Å²) >= 11 is 0. The summed E-state index contributed by atoms with van der Waals surface area (Å²) in [6.45, 7) is 0.0632. The van der Waals surface area contributed by atoms with Crippen LogP contribution in [0.2, 0.25) is 0 Å². The number of hydrogen-bond acceptors (Lipinski definition) is 8. The van der Waals surface area contributed by atoms with Crippen molar-refractivity contribution in [2.24, 2.45) is 5.14 Å². The number of nitrogens with one attached hydrogen (secondary N) is 2. The molecule has 0 atom stereocenters. The molecule has 2 aromatic carbocycles. The smallest absolute Gasteiger partial charge is 0.293 e. The van der Waals surface area contributed by atoms with Crippen LogP contribution in [0.25, 0.3) is 0 Å².